The van der Waals surface area contributed by atoms with Crippen LogP contribution in [0.5, 0.6) is 5.75 Å². The maximum absolute atomic E-state index is 12.0. The van der Waals surface area contributed by atoms with E-state index in [1.807, 2.05) is 24.3 Å². The summed E-state index contributed by atoms with van der Waals surface area (Å²) >= 11 is 0. The number of nitrogens with one attached hydrogen (secondary N) is 1. The number of sulfonamides is 1. The largest absolute Gasteiger partial charge is 0.484 e. The predicted octanol–water partition coefficient (Wildman–Crippen LogP) is 0.963. The zero-order chi connectivity index (χ0) is 14.2. The molecule has 1 aromatic carbocycles. The van der Waals surface area contributed by atoms with Crippen molar-refractivity contribution in [3.05, 3.63) is 29.8 Å². The minimum Gasteiger partial charge on any atom is -0.484 e. The minimum absolute atomic E-state index is 0.386. The number of piperidine rings is 1. The summed E-state index contributed by atoms with van der Waals surface area (Å²) in [4.78, 5) is 0. The van der Waals surface area contributed by atoms with Crippen molar-refractivity contribution in [1.29, 1.82) is 0 Å². The molecule has 110 valence electrons. The van der Waals surface area contributed by atoms with Gasteiger partial charge in [-0.25, -0.2) is 8.42 Å². The number of rotatable bonds is 1. The lowest BCUT2D eigenvalue weighted by atomic mass is 9.94. The van der Waals surface area contributed by atoms with E-state index in [0.717, 1.165) is 30.7 Å². The van der Waals surface area contributed by atoms with Crippen LogP contribution < -0.4 is 10.1 Å². The number of benzene rings is 1. The molecule has 0 aliphatic carbocycles. The van der Waals surface area contributed by atoms with Crippen molar-refractivity contribution in [2.45, 2.75) is 25.0 Å². The fourth-order valence-electron chi connectivity index (χ4n) is 2.96. The molecule has 0 bridgehead atoms. The molecule has 2 heterocycles. The van der Waals surface area contributed by atoms with Gasteiger partial charge in [0.05, 0.1) is 12.8 Å². The Bertz CT molecular complexity index is 594. The van der Waals surface area contributed by atoms with E-state index in [4.69, 9.17) is 4.74 Å². The molecule has 20 heavy (non-hydrogen) atoms. The Kier molecular flexibility index (Phi) is 3.48. The molecule has 1 atom stereocenters. The first-order chi connectivity index (χ1) is 9.49. The molecule has 6 heteroatoms. The van der Waals surface area contributed by atoms with Gasteiger partial charge in [0.2, 0.25) is 10.0 Å². The van der Waals surface area contributed by atoms with Crippen molar-refractivity contribution in [3.8, 4) is 5.75 Å². The van der Waals surface area contributed by atoms with Gasteiger partial charge in [-0.05, 0) is 25.5 Å². The number of ether oxygens (including phenoxy) is 1. The first-order valence-corrected chi connectivity index (χ1v) is 8.76. The quantitative estimate of drug-likeness (QED) is 0.839. The van der Waals surface area contributed by atoms with Crippen LogP contribution in [0.2, 0.25) is 0 Å². The first kappa shape index (κ1) is 13.9. The van der Waals surface area contributed by atoms with E-state index in [-0.39, 0.29) is 0 Å². The molecule has 1 saturated heterocycles. The zero-order valence-corrected chi connectivity index (χ0v) is 12.4. The highest BCUT2D eigenvalue weighted by molar-refractivity contribution is 7.88. The Balaban J connectivity index is 2.02. The minimum atomic E-state index is -3.24. The molecule has 0 aromatic heterocycles. The van der Waals surface area contributed by atoms with Gasteiger partial charge in [-0.2, -0.15) is 4.31 Å². The summed E-state index contributed by atoms with van der Waals surface area (Å²) in [5.41, 5.74) is 0.480. The third-order valence-corrected chi connectivity index (χ3v) is 5.21. The predicted molar refractivity (Wildman–Crippen MR) is 77.2 cm³/mol. The molecular weight excluding hydrogens is 276 g/mol. The highest BCUT2D eigenvalue weighted by Crippen LogP contribution is 2.33. The average Bonchev–Trinajstić information content (AvgIpc) is 2.55. The number of hydrogen-bond acceptors (Lipinski definition) is 4. The van der Waals surface area contributed by atoms with Crippen molar-refractivity contribution < 1.29 is 13.2 Å². The molecule has 0 radical (unpaired) electrons. The van der Waals surface area contributed by atoms with Crippen LogP contribution in [0.25, 0.3) is 0 Å². The maximum atomic E-state index is 12.0. The lowest BCUT2D eigenvalue weighted by Crippen LogP contribution is -2.56. The van der Waals surface area contributed by atoms with Gasteiger partial charge in [0.1, 0.15) is 11.4 Å². The first-order valence-electron chi connectivity index (χ1n) is 6.91. The molecule has 1 fully saturated rings. The van der Waals surface area contributed by atoms with E-state index in [0.29, 0.717) is 19.6 Å². The number of nitrogens with zero attached hydrogens (tertiary/aromatic N) is 1. The molecule has 1 spiro atoms. The smallest absolute Gasteiger partial charge is 0.211 e. The summed E-state index contributed by atoms with van der Waals surface area (Å²) in [7, 11) is -3.24. The second-order valence-corrected chi connectivity index (χ2v) is 7.69. The summed E-state index contributed by atoms with van der Waals surface area (Å²) in [6, 6.07) is 7.71. The van der Waals surface area contributed by atoms with E-state index in [1.54, 1.807) is 0 Å². The monoisotopic (exact) mass is 296 g/mol. The Morgan fingerprint density at radius 3 is 2.85 bits per heavy atom. The molecule has 2 aliphatic heterocycles. The maximum Gasteiger partial charge on any atom is 0.211 e. The van der Waals surface area contributed by atoms with Gasteiger partial charge in [-0.3, -0.25) is 0 Å². The fourth-order valence-corrected chi connectivity index (χ4v) is 3.81. The lowest BCUT2D eigenvalue weighted by molar-refractivity contribution is 0.0332. The Labute approximate surface area is 120 Å². The van der Waals surface area contributed by atoms with Crippen molar-refractivity contribution in [3.63, 3.8) is 0 Å². The number of hydrogen-bond donors (Lipinski definition) is 1. The topological polar surface area (TPSA) is 58.6 Å². The van der Waals surface area contributed by atoms with Gasteiger partial charge in [-0.1, -0.05) is 18.2 Å². The van der Waals surface area contributed by atoms with Crippen molar-refractivity contribution >= 4 is 10.0 Å². The Morgan fingerprint density at radius 2 is 2.15 bits per heavy atom. The fraction of sp³-hybridized carbons (Fsp3) is 0.571. The molecule has 1 aromatic rings. The van der Waals surface area contributed by atoms with Gasteiger partial charge < -0.3 is 10.1 Å². The molecule has 2 aliphatic rings. The summed E-state index contributed by atoms with van der Waals surface area (Å²) < 4.78 is 31.8. The van der Waals surface area contributed by atoms with Crippen molar-refractivity contribution in [2.75, 3.05) is 25.9 Å². The second kappa shape index (κ2) is 5.02. The standard InChI is InChI=1S/C14H20N2O3S/c1-20(17,18)16-9-12-5-2-3-6-13(12)19-14(11-16)7-4-8-15-10-14/h2-3,5-6,15H,4,7-11H2,1H3. The van der Waals surface area contributed by atoms with Crippen LogP contribution in [0.1, 0.15) is 18.4 Å². The van der Waals surface area contributed by atoms with E-state index in [9.17, 15) is 8.42 Å². The van der Waals surface area contributed by atoms with Crippen LogP contribution in [-0.2, 0) is 16.6 Å². The zero-order valence-electron chi connectivity index (χ0n) is 11.6. The average molecular weight is 296 g/mol. The molecular formula is C14H20N2O3S. The van der Waals surface area contributed by atoms with Crippen LogP contribution in [0.15, 0.2) is 24.3 Å². The van der Waals surface area contributed by atoms with E-state index >= 15 is 0 Å². The lowest BCUT2D eigenvalue weighted by Gasteiger charge is -2.38. The summed E-state index contributed by atoms with van der Waals surface area (Å²) in [6.45, 7) is 2.45. The molecule has 0 amide bonds. The molecule has 0 saturated carbocycles. The summed E-state index contributed by atoms with van der Waals surface area (Å²) in [5, 5.41) is 3.33. The van der Waals surface area contributed by atoms with Gasteiger partial charge >= 0.3 is 0 Å². The summed E-state index contributed by atoms with van der Waals surface area (Å²) in [5.74, 6) is 0.808. The van der Waals surface area contributed by atoms with Gasteiger partial charge in [0.25, 0.3) is 0 Å². The van der Waals surface area contributed by atoms with Gasteiger partial charge in [0.15, 0.2) is 0 Å². The van der Waals surface area contributed by atoms with Crippen LogP contribution in [0, 0.1) is 0 Å². The molecule has 1 N–H and O–H groups in total. The van der Waals surface area contributed by atoms with E-state index < -0.39 is 15.6 Å². The van der Waals surface area contributed by atoms with Crippen molar-refractivity contribution in [2.24, 2.45) is 0 Å². The highest BCUT2D eigenvalue weighted by atomic mass is 32.2. The molecule has 3 rings (SSSR count). The Morgan fingerprint density at radius 1 is 1.35 bits per heavy atom. The van der Waals surface area contributed by atoms with Crippen LogP contribution in [0.4, 0.5) is 0 Å². The Hall–Kier alpha value is -1.11. The van der Waals surface area contributed by atoms with Gasteiger partial charge in [-0.15, -0.1) is 0 Å². The van der Waals surface area contributed by atoms with E-state index in [2.05, 4.69) is 5.32 Å². The SMILES string of the molecule is CS(=O)(=O)N1Cc2ccccc2OC2(CCCNC2)C1. The van der Waals surface area contributed by atoms with Crippen LogP contribution in [0.3, 0.4) is 0 Å². The third-order valence-electron chi connectivity index (χ3n) is 4.01. The number of fused-ring (bicyclic) bond motifs is 1. The molecule has 5 nitrogen and oxygen atoms in total. The number of para-hydroxylation sites is 1. The highest BCUT2D eigenvalue weighted by Gasteiger charge is 2.41. The normalized spacial score (nSPS) is 27.6. The van der Waals surface area contributed by atoms with Gasteiger partial charge in [0, 0.05) is 18.7 Å². The van der Waals surface area contributed by atoms with Crippen LogP contribution in [-0.4, -0.2) is 44.2 Å². The second-order valence-electron chi connectivity index (χ2n) is 5.70. The van der Waals surface area contributed by atoms with E-state index in [1.165, 1.54) is 10.6 Å². The van der Waals surface area contributed by atoms with Crippen LogP contribution >= 0.6 is 0 Å². The third kappa shape index (κ3) is 2.68. The van der Waals surface area contributed by atoms with Crippen molar-refractivity contribution in [1.82, 2.24) is 9.62 Å². The summed E-state index contributed by atoms with van der Waals surface area (Å²) in [6.07, 6.45) is 3.14. The molecule has 1 unspecified atom stereocenters.